The molecular weight excluding hydrogens is 342 g/mol. The van der Waals surface area contributed by atoms with E-state index < -0.39 is 0 Å². The second-order valence-electron chi connectivity index (χ2n) is 5.30. The van der Waals surface area contributed by atoms with Crippen molar-refractivity contribution in [3.63, 3.8) is 0 Å². The fourth-order valence-electron chi connectivity index (χ4n) is 2.24. The second-order valence-corrected chi connectivity index (χ2v) is 5.74. The maximum atomic E-state index is 12.4. The lowest BCUT2D eigenvalue weighted by molar-refractivity contribution is 0.0995. The van der Waals surface area contributed by atoms with Gasteiger partial charge in [-0.2, -0.15) is 0 Å². The number of benzene rings is 2. The van der Waals surface area contributed by atoms with Gasteiger partial charge in [-0.25, -0.2) is 0 Å². The van der Waals surface area contributed by atoms with Gasteiger partial charge in [0, 0.05) is 10.6 Å². The second kappa shape index (κ2) is 7.32. The van der Waals surface area contributed by atoms with E-state index in [1.165, 1.54) is 6.26 Å². The summed E-state index contributed by atoms with van der Waals surface area (Å²) in [6.07, 6.45) is 1.47. The molecule has 0 aliphatic heterocycles. The lowest BCUT2D eigenvalue weighted by Gasteiger charge is -2.13. The summed E-state index contributed by atoms with van der Waals surface area (Å²) >= 11 is 6.05. The first kappa shape index (κ1) is 16.9. The zero-order valence-corrected chi connectivity index (χ0v) is 14.5. The fourth-order valence-corrected chi connectivity index (χ4v) is 2.42. The summed E-state index contributed by atoms with van der Waals surface area (Å²) in [5.74, 6) is 1.67. The highest BCUT2D eigenvalue weighted by atomic mass is 35.5. The summed E-state index contributed by atoms with van der Waals surface area (Å²) in [6, 6.07) is 13.8. The molecule has 3 rings (SSSR count). The number of ether oxygens (including phenoxy) is 2. The number of furan rings is 1. The van der Waals surface area contributed by atoms with E-state index in [0.717, 1.165) is 11.3 Å². The van der Waals surface area contributed by atoms with E-state index in [4.69, 9.17) is 25.5 Å². The van der Waals surface area contributed by atoms with E-state index in [2.05, 4.69) is 5.32 Å². The minimum absolute atomic E-state index is 0.246. The van der Waals surface area contributed by atoms with Gasteiger partial charge in [0.15, 0.2) is 11.5 Å². The lowest BCUT2D eigenvalue weighted by Crippen LogP contribution is -2.12. The number of carbonyl (C=O) groups is 1. The van der Waals surface area contributed by atoms with Crippen LogP contribution in [0, 0.1) is 6.92 Å². The van der Waals surface area contributed by atoms with E-state index in [9.17, 15) is 4.79 Å². The molecule has 1 aromatic heterocycles. The standard InChI is InChI=1S/C19H16ClNO4/c1-12-9-10-24-18(12)19(22)21-16-11-13(20)3-8-17(16)25-15-6-4-14(23-2)5-7-15/h3-11H,1-2H3,(H,21,22). The van der Waals surface area contributed by atoms with Crippen LogP contribution in [0.2, 0.25) is 5.02 Å². The van der Waals surface area contributed by atoms with Gasteiger partial charge in [-0.3, -0.25) is 4.79 Å². The van der Waals surface area contributed by atoms with Crippen LogP contribution in [0.3, 0.4) is 0 Å². The molecule has 0 aliphatic carbocycles. The number of carbonyl (C=O) groups excluding carboxylic acids is 1. The highest BCUT2D eigenvalue weighted by Crippen LogP contribution is 2.33. The first-order chi connectivity index (χ1) is 12.1. The lowest BCUT2D eigenvalue weighted by atomic mass is 10.2. The van der Waals surface area contributed by atoms with Gasteiger partial charge in [0.1, 0.15) is 11.5 Å². The van der Waals surface area contributed by atoms with Crippen LogP contribution in [-0.2, 0) is 0 Å². The fraction of sp³-hybridized carbons (Fsp3) is 0.105. The van der Waals surface area contributed by atoms with E-state index in [1.54, 1.807) is 62.6 Å². The highest BCUT2D eigenvalue weighted by molar-refractivity contribution is 6.31. The number of amides is 1. The number of halogens is 1. The van der Waals surface area contributed by atoms with Crippen molar-refractivity contribution in [1.29, 1.82) is 0 Å². The maximum Gasteiger partial charge on any atom is 0.291 e. The molecule has 1 N–H and O–H groups in total. The molecular formula is C19H16ClNO4. The monoisotopic (exact) mass is 357 g/mol. The Morgan fingerprint density at radius 2 is 1.80 bits per heavy atom. The van der Waals surface area contributed by atoms with Gasteiger partial charge in [-0.15, -0.1) is 0 Å². The molecule has 0 fully saturated rings. The molecule has 128 valence electrons. The van der Waals surface area contributed by atoms with Gasteiger partial charge in [-0.1, -0.05) is 11.6 Å². The summed E-state index contributed by atoms with van der Waals surface area (Å²) in [4.78, 5) is 12.4. The Morgan fingerprint density at radius 1 is 1.08 bits per heavy atom. The van der Waals surface area contributed by atoms with Crippen molar-refractivity contribution in [3.8, 4) is 17.2 Å². The van der Waals surface area contributed by atoms with Crippen LogP contribution in [0.4, 0.5) is 5.69 Å². The molecule has 0 unspecified atom stereocenters. The highest BCUT2D eigenvalue weighted by Gasteiger charge is 2.16. The third-order valence-electron chi connectivity index (χ3n) is 3.55. The molecule has 25 heavy (non-hydrogen) atoms. The van der Waals surface area contributed by atoms with Crippen molar-refractivity contribution < 1.29 is 18.7 Å². The first-order valence-electron chi connectivity index (χ1n) is 7.53. The quantitative estimate of drug-likeness (QED) is 0.673. The summed E-state index contributed by atoms with van der Waals surface area (Å²) in [6.45, 7) is 1.80. The van der Waals surface area contributed by atoms with Crippen molar-refractivity contribution >= 4 is 23.2 Å². The van der Waals surface area contributed by atoms with E-state index in [1.807, 2.05) is 0 Å². The minimum atomic E-state index is -0.371. The summed E-state index contributed by atoms with van der Waals surface area (Å²) in [5.41, 5.74) is 1.20. The predicted molar refractivity (Wildman–Crippen MR) is 95.9 cm³/mol. The molecule has 0 atom stereocenters. The average Bonchev–Trinajstić information content (AvgIpc) is 3.04. The Labute approximate surface area is 150 Å². The smallest absolute Gasteiger partial charge is 0.291 e. The molecule has 0 radical (unpaired) electrons. The van der Waals surface area contributed by atoms with Crippen LogP contribution < -0.4 is 14.8 Å². The predicted octanol–water partition coefficient (Wildman–Crippen LogP) is 5.29. The van der Waals surface area contributed by atoms with Gasteiger partial charge >= 0.3 is 0 Å². The number of methoxy groups -OCH3 is 1. The summed E-state index contributed by atoms with van der Waals surface area (Å²) in [5, 5.41) is 3.25. The molecule has 2 aromatic carbocycles. The van der Waals surface area contributed by atoms with Gasteiger partial charge < -0.3 is 19.2 Å². The molecule has 0 saturated carbocycles. The third-order valence-corrected chi connectivity index (χ3v) is 3.78. The topological polar surface area (TPSA) is 60.7 Å². The molecule has 1 heterocycles. The van der Waals surface area contributed by atoms with Crippen LogP contribution in [-0.4, -0.2) is 13.0 Å². The zero-order valence-electron chi connectivity index (χ0n) is 13.7. The van der Waals surface area contributed by atoms with Crippen molar-refractivity contribution in [2.75, 3.05) is 12.4 Å². The third kappa shape index (κ3) is 3.95. The number of rotatable bonds is 5. The van der Waals surface area contributed by atoms with Crippen LogP contribution in [0.5, 0.6) is 17.2 Å². The molecule has 6 heteroatoms. The van der Waals surface area contributed by atoms with Gasteiger partial charge in [-0.05, 0) is 55.5 Å². The number of hydrogen-bond acceptors (Lipinski definition) is 4. The number of anilines is 1. The number of hydrogen-bond donors (Lipinski definition) is 1. The van der Waals surface area contributed by atoms with Crippen LogP contribution in [0.1, 0.15) is 16.1 Å². The molecule has 0 saturated heterocycles. The summed E-state index contributed by atoms with van der Waals surface area (Å²) in [7, 11) is 1.60. The largest absolute Gasteiger partial charge is 0.497 e. The van der Waals surface area contributed by atoms with Crippen molar-refractivity contribution in [1.82, 2.24) is 0 Å². The van der Waals surface area contributed by atoms with Crippen molar-refractivity contribution in [2.24, 2.45) is 0 Å². The van der Waals surface area contributed by atoms with Gasteiger partial charge in [0.2, 0.25) is 0 Å². The molecule has 0 aliphatic rings. The van der Waals surface area contributed by atoms with E-state index in [-0.39, 0.29) is 11.7 Å². The minimum Gasteiger partial charge on any atom is -0.497 e. The van der Waals surface area contributed by atoms with Crippen molar-refractivity contribution in [2.45, 2.75) is 6.92 Å². The normalized spacial score (nSPS) is 10.4. The Kier molecular flexibility index (Phi) is 4.95. The average molecular weight is 358 g/mol. The summed E-state index contributed by atoms with van der Waals surface area (Å²) < 4.78 is 16.2. The van der Waals surface area contributed by atoms with Crippen molar-refractivity contribution in [3.05, 3.63) is 71.1 Å². The zero-order chi connectivity index (χ0) is 17.8. The van der Waals surface area contributed by atoms with E-state index >= 15 is 0 Å². The van der Waals surface area contributed by atoms with Gasteiger partial charge in [0.05, 0.1) is 19.1 Å². The van der Waals surface area contributed by atoms with Crippen LogP contribution in [0.25, 0.3) is 0 Å². The molecule has 0 bridgehead atoms. The maximum absolute atomic E-state index is 12.4. The van der Waals surface area contributed by atoms with Gasteiger partial charge in [0.25, 0.3) is 5.91 Å². The number of nitrogens with one attached hydrogen (secondary N) is 1. The van der Waals surface area contributed by atoms with E-state index in [0.29, 0.717) is 22.2 Å². The number of aryl methyl sites for hydroxylation is 1. The molecule has 0 spiro atoms. The molecule has 1 amide bonds. The molecule has 3 aromatic rings. The van der Waals surface area contributed by atoms with Crippen LogP contribution in [0.15, 0.2) is 59.2 Å². The Morgan fingerprint density at radius 3 is 2.44 bits per heavy atom. The first-order valence-corrected chi connectivity index (χ1v) is 7.91. The SMILES string of the molecule is COc1ccc(Oc2ccc(Cl)cc2NC(=O)c2occc2C)cc1. The van der Waals surface area contributed by atoms with Crippen LogP contribution >= 0.6 is 11.6 Å². The Bertz CT molecular complexity index is 887. The molecule has 5 nitrogen and oxygen atoms in total. The Balaban J connectivity index is 1.84. The Hall–Kier alpha value is -2.92.